The molecule has 1 heterocycles. The quantitative estimate of drug-likeness (QED) is 0.423. The van der Waals surface area contributed by atoms with Crippen LogP contribution in [0, 0.1) is 0 Å². The third-order valence-electron chi connectivity index (χ3n) is 3.73. The third kappa shape index (κ3) is 4.75. The van der Waals surface area contributed by atoms with Gasteiger partial charge in [0.2, 0.25) is 11.5 Å². The highest BCUT2D eigenvalue weighted by Crippen LogP contribution is 2.35. The second-order valence-corrected chi connectivity index (χ2v) is 7.06. The first-order valence-electron chi connectivity index (χ1n) is 8.32. The molecule has 0 radical (unpaired) electrons. The molecule has 0 atom stereocenters. The zero-order chi connectivity index (χ0) is 18.4. The summed E-state index contributed by atoms with van der Waals surface area (Å²) in [5, 5.41) is 3.90. The molecule has 0 unspecified atom stereocenters. The number of hydrogen-bond donors (Lipinski definition) is 0. The van der Waals surface area contributed by atoms with E-state index in [-0.39, 0.29) is 5.91 Å². The van der Waals surface area contributed by atoms with E-state index in [0.717, 1.165) is 16.1 Å². The van der Waals surface area contributed by atoms with Gasteiger partial charge in [-0.2, -0.15) is 0 Å². The lowest BCUT2D eigenvalue weighted by molar-refractivity contribution is -0.167. The lowest BCUT2D eigenvalue weighted by Gasteiger charge is -2.28. The van der Waals surface area contributed by atoms with Crippen molar-refractivity contribution in [3.05, 3.63) is 23.8 Å². The first-order chi connectivity index (χ1) is 11.9. The summed E-state index contributed by atoms with van der Waals surface area (Å²) in [6, 6.07) is 6.05. The Hall–Kier alpha value is -2.02. The van der Waals surface area contributed by atoms with Crippen molar-refractivity contribution in [1.29, 1.82) is 0 Å². The van der Waals surface area contributed by atoms with Crippen LogP contribution in [0.1, 0.15) is 33.3 Å². The molecule has 0 saturated heterocycles. The van der Waals surface area contributed by atoms with Crippen LogP contribution in [0.2, 0.25) is 0 Å². The van der Waals surface area contributed by atoms with Gasteiger partial charge >= 0.3 is 5.97 Å². The van der Waals surface area contributed by atoms with Crippen molar-refractivity contribution >= 4 is 35.5 Å². The minimum Gasteiger partial charge on any atom is -0.463 e. The van der Waals surface area contributed by atoms with Gasteiger partial charge in [-0.15, -0.1) is 11.8 Å². The van der Waals surface area contributed by atoms with Gasteiger partial charge in [-0.05, 0) is 45.4 Å². The van der Waals surface area contributed by atoms with E-state index >= 15 is 0 Å². The van der Waals surface area contributed by atoms with Crippen LogP contribution in [0.3, 0.4) is 0 Å². The fourth-order valence-electron chi connectivity index (χ4n) is 2.38. The zero-order valence-corrected chi connectivity index (χ0v) is 15.9. The van der Waals surface area contributed by atoms with Crippen molar-refractivity contribution < 1.29 is 19.2 Å². The lowest BCUT2D eigenvalue weighted by atomic mass is 10.1. The zero-order valence-electron chi connectivity index (χ0n) is 15.1. The fourth-order valence-corrected chi connectivity index (χ4v) is 3.29. The van der Waals surface area contributed by atoms with Gasteiger partial charge in [-0.25, -0.2) is 4.79 Å². The number of esters is 1. The molecule has 0 bridgehead atoms. The smallest absolute Gasteiger partial charge is 0.352 e. The van der Waals surface area contributed by atoms with E-state index in [1.807, 2.05) is 25.1 Å². The van der Waals surface area contributed by atoms with E-state index in [4.69, 9.17) is 9.57 Å². The number of carbonyl (C=O) groups is 2. The number of rotatable bonds is 7. The lowest BCUT2D eigenvalue weighted by Crippen LogP contribution is -2.35. The van der Waals surface area contributed by atoms with Crippen molar-refractivity contribution in [3.8, 4) is 0 Å². The van der Waals surface area contributed by atoms with E-state index in [1.54, 1.807) is 43.6 Å². The summed E-state index contributed by atoms with van der Waals surface area (Å²) in [6.07, 6.45) is 2.15. The number of nitrogens with zero attached hydrogens (tertiary/aromatic N) is 2. The van der Waals surface area contributed by atoms with Crippen LogP contribution >= 0.6 is 11.8 Å². The number of hydrogen-bond acceptors (Lipinski definition) is 6. The maximum atomic E-state index is 12.0. The molecule has 1 aromatic rings. The first-order valence-corrected chi connectivity index (χ1v) is 9.31. The van der Waals surface area contributed by atoms with Gasteiger partial charge in [0.15, 0.2) is 0 Å². The maximum Gasteiger partial charge on any atom is 0.352 e. The summed E-state index contributed by atoms with van der Waals surface area (Å²) in [7, 11) is 0. The minimum atomic E-state index is -1.12. The van der Waals surface area contributed by atoms with Crippen LogP contribution in [0.4, 0.5) is 5.69 Å². The topological polar surface area (TPSA) is 68.2 Å². The fraction of sp³-hybridized carbons (Fsp3) is 0.500. The van der Waals surface area contributed by atoms with Crippen LogP contribution in [0.15, 0.2) is 28.3 Å². The second kappa shape index (κ2) is 8.38. The molecule has 1 aliphatic heterocycles. The molecule has 0 spiro atoms. The molecule has 1 amide bonds. The van der Waals surface area contributed by atoms with Crippen LogP contribution in [0.5, 0.6) is 0 Å². The Kier molecular flexibility index (Phi) is 6.47. The Bertz CT molecular complexity index is 673. The number of oxime groups is 1. The van der Waals surface area contributed by atoms with Crippen molar-refractivity contribution in [2.45, 2.75) is 44.6 Å². The number of carbonyl (C=O) groups excluding carboxylic acids is 2. The molecule has 25 heavy (non-hydrogen) atoms. The largest absolute Gasteiger partial charge is 0.463 e. The number of fused-ring (bicyclic) bond motifs is 1. The van der Waals surface area contributed by atoms with E-state index < -0.39 is 11.6 Å². The molecule has 0 N–H and O–H groups in total. The molecule has 136 valence electrons. The molecular weight excluding hydrogens is 340 g/mol. The Balaban J connectivity index is 2.01. The average Bonchev–Trinajstić information content (AvgIpc) is 2.58. The molecule has 7 heteroatoms. The van der Waals surface area contributed by atoms with E-state index in [1.165, 1.54) is 0 Å². The molecule has 0 aromatic heterocycles. The Labute approximate surface area is 152 Å². The van der Waals surface area contributed by atoms with Crippen LogP contribution in [-0.2, 0) is 25.6 Å². The number of ether oxygens (including phenoxy) is 1. The molecule has 1 aliphatic rings. The average molecular weight is 364 g/mol. The predicted octanol–water partition coefficient (Wildman–Crippen LogP) is 3.03. The summed E-state index contributed by atoms with van der Waals surface area (Å²) in [4.78, 5) is 31.9. The van der Waals surface area contributed by atoms with E-state index in [2.05, 4.69) is 5.16 Å². The number of anilines is 1. The van der Waals surface area contributed by atoms with Crippen molar-refractivity contribution in [3.63, 3.8) is 0 Å². The highest BCUT2D eigenvalue weighted by Gasteiger charge is 2.31. The molecule has 6 nitrogen and oxygen atoms in total. The summed E-state index contributed by atoms with van der Waals surface area (Å²) in [5.41, 5.74) is 0.848. The molecule has 0 aliphatic carbocycles. The summed E-state index contributed by atoms with van der Waals surface area (Å²) in [6.45, 7) is 7.90. The van der Waals surface area contributed by atoms with E-state index in [9.17, 15) is 9.59 Å². The highest BCUT2D eigenvalue weighted by atomic mass is 32.2. The summed E-state index contributed by atoms with van der Waals surface area (Å²) < 4.78 is 4.94. The van der Waals surface area contributed by atoms with Gasteiger partial charge in [-0.1, -0.05) is 11.2 Å². The first kappa shape index (κ1) is 19.3. The molecule has 2 rings (SSSR count). The van der Waals surface area contributed by atoms with Crippen molar-refractivity contribution in [2.24, 2.45) is 5.16 Å². The van der Waals surface area contributed by atoms with Crippen molar-refractivity contribution in [2.75, 3.05) is 23.8 Å². The van der Waals surface area contributed by atoms with Gasteiger partial charge in [-0.3, -0.25) is 4.79 Å². The van der Waals surface area contributed by atoms with Gasteiger partial charge < -0.3 is 14.5 Å². The van der Waals surface area contributed by atoms with Gasteiger partial charge in [0, 0.05) is 24.1 Å². The Morgan fingerprint density at radius 3 is 2.84 bits per heavy atom. The number of amides is 1. The second-order valence-electron chi connectivity index (χ2n) is 6.04. The van der Waals surface area contributed by atoms with Crippen molar-refractivity contribution in [1.82, 2.24) is 0 Å². The van der Waals surface area contributed by atoms with E-state index in [0.29, 0.717) is 25.3 Å². The standard InChI is InChI=1S/C18H24N2O4S/c1-5-20-14-11-13(7-8-15(14)25-12-16(20)21)9-10-19-24-18(3,4)17(22)23-6-2/h7-8,10-11H,5-6,9,12H2,1-4H3/b19-10+. The maximum absolute atomic E-state index is 12.0. The normalized spacial score (nSPS) is 14.6. The number of benzene rings is 1. The Morgan fingerprint density at radius 2 is 2.16 bits per heavy atom. The molecular formula is C18H24N2O4S. The summed E-state index contributed by atoms with van der Waals surface area (Å²) >= 11 is 1.56. The van der Waals surface area contributed by atoms with Gasteiger partial charge in [0.05, 0.1) is 18.0 Å². The summed E-state index contributed by atoms with van der Waals surface area (Å²) in [5.74, 6) is 0.165. The third-order valence-corrected chi connectivity index (χ3v) is 4.78. The highest BCUT2D eigenvalue weighted by molar-refractivity contribution is 8.00. The predicted molar refractivity (Wildman–Crippen MR) is 99.2 cm³/mol. The van der Waals surface area contributed by atoms with Gasteiger partial charge in [0.25, 0.3) is 0 Å². The molecule has 1 aromatic carbocycles. The minimum absolute atomic E-state index is 0.130. The van der Waals surface area contributed by atoms with Crippen LogP contribution in [-0.4, -0.2) is 42.6 Å². The monoisotopic (exact) mass is 364 g/mol. The Morgan fingerprint density at radius 1 is 1.40 bits per heavy atom. The SMILES string of the molecule is CCOC(=O)C(C)(C)O/N=C/Cc1ccc2c(c1)N(CC)C(=O)CS2. The molecule has 0 fully saturated rings. The molecule has 0 saturated carbocycles. The number of thioether (sulfide) groups is 1. The van der Waals surface area contributed by atoms with Gasteiger partial charge in [0.1, 0.15) is 0 Å². The van der Waals surface area contributed by atoms with Crippen LogP contribution in [0.25, 0.3) is 0 Å². The van der Waals surface area contributed by atoms with Crippen LogP contribution < -0.4 is 4.90 Å².